The van der Waals surface area contributed by atoms with Crippen LogP contribution in [0.2, 0.25) is 5.02 Å². The molecular weight excluding hydrogens is 678 g/mol. The zero-order chi connectivity index (χ0) is 32.6. The maximum Gasteiger partial charge on any atom is 0.264 e. The van der Waals surface area contributed by atoms with Crippen molar-refractivity contribution in [1.29, 1.82) is 0 Å². The molecule has 45 heavy (non-hydrogen) atoms. The van der Waals surface area contributed by atoms with Crippen LogP contribution in [0, 0.1) is 0 Å². The topological polar surface area (TPSA) is 96.0 Å². The Morgan fingerprint density at radius 3 is 2.13 bits per heavy atom. The van der Waals surface area contributed by atoms with Crippen molar-refractivity contribution in [3.05, 3.63) is 124 Å². The third-order valence-electron chi connectivity index (χ3n) is 6.98. The van der Waals surface area contributed by atoms with Crippen LogP contribution in [0.4, 0.5) is 5.69 Å². The van der Waals surface area contributed by atoms with Gasteiger partial charge < -0.3 is 15.0 Å². The van der Waals surface area contributed by atoms with Gasteiger partial charge in [0.25, 0.3) is 10.0 Å². The first-order valence-electron chi connectivity index (χ1n) is 14.3. The van der Waals surface area contributed by atoms with E-state index in [9.17, 15) is 18.0 Å². The molecule has 8 nitrogen and oxygen atoms in total. The van der Waals surface area contributed by atoms with Crippen LogP contribution in [0.3, 0.4) is 0 Å². The van der Waals surface area contributed by atoms with Crippen LogP contribution in [0.1, 0.15) is 25.0 Å². The molecular formula is C34H35BrClN3O5S. The molecule has 0 aliphatic carbocycles. The molecule has 11 heteroatoms. The van der Waals surface area contributed by atoms with Crippen molar-refractivity contribution in [1.82, 2.24) is 10.2 Å². The highest BCUT2D eigenvalue weighted by molar-refractivity contribution is 9.10. The van der Waals surface area contributed by atoms with Gasteiger partial charge in [-0.05, 0) is 85.6 Å². The minimum Gasteiger partial charge on any atom is -0.497 e. The summed E-state index contributed by atoms with van der Waals surface area (Å²) in [5, 5.41) is 3.37. The van der Waals surface area contributed by atoms with E-state index in [0.29, 0.717) is 10.8 Å². The first kappa shape index (κ1) is 34.0. The van der Waals surface area contributed by atoms with Crippen LogP contribution >= 0.6 is 27.5 Å². The second kappa shape index (κ2) is 15.4. The van der Waals surface area contributed by atoms with Crippen LogP contribution < -0.4 is 14.4 Å². The van der Waals surface area contributed by atoms with Crippen LogP contribution in [0.5, 0.6) is 5.75 Å². The number of methoxy groups -OCH3 is 1. The second-order valence-corrected chi connectivity index (χ2v) is 13.9. The Morgan fingerprint density at radius 2 is 1.53 bits per heavy atom. The van der Waals surface area contributed by atoms with E-state index < -0.39 is 28.5 Å². The molecule has 0 heterocycles. The minimum absolute atomic E-state index is 0.0250. The normalized spacial score (nSPS) is 12.0. The predicted molar refractivity (Wildman–Crippen MR) is 181 cm³/mol. The molecule has 0 aliphatic heterocycles. The molecule has 236 valence electrons. The summed E-state index contributed by atoms with van der Waals surface area (Å²) in [6.07, 6.45) is 0.227. The number of amides is 2. The van der Waals surface area contributed by atoms with Crippen molar-refractivity contribution in [3.63, 3.8) is 0 Å². The number of rotatable bonds is 13. The van der Waals surface area contributed by atoms with Gasteiger partial charge in [-0.2, -0.15) is 0 Å². The van der Waals surface area contributed by atoms with E-state index in [2.05, 4.69) is 21.2 Å². The smallest absolute Gasteiger partial charge is 0.264 e. The van der Waals surface area contributed by atoms with Crippen LogP contribution in [0.25, 0.3) is 0 Å². The standard InChI is InChI=1S/C34H35BrClN3O5S/c1-24(2)37-34(41)32(21-25-8-5-4-6-9-25)38(22-26-10-7-11-27(35)20-26)33(40)23-39(29-14-12-28(36)13-15-29)45(42,43)31-18-16-30(44-3)17-19-31/h4-20,24,32H,21-23H2,1-3H3,(H,37,41)/t32-/m1/s1. The summed E-state index contributed by atoms with van der Waals surface area (Å²) in [7, 11) is -2.76. The molecule has 1 atom stereocenters. The average Bonchev–Trinajstić information content (AvgIpc) is 3.02. The van der Waals surface area contributed by atoms with E-state index in [4.69, 9.17) is 16.3 Å². The largest absolute Gasteiger partial charge is 0.497 e. The lowest BCUT2D eigenvalue weighted by molar-refractivity contribution is -0.140. The number of sulfonamides is 1. The van der Waals surface area contributed by atoms with Crippen molar-refractivity contribution >= 4 is 55.1 Å². The van der Waals surface area contributed by atoms with E-state index >= 15 is 0 Å². The van der Waals surface area contributed by atoms with Gasteiger partial charge in [0, 0.05) is 28.5 Å². The van der Waals surface area contributed by atoms with E-state index in [1.54, 1.807) is 36.4 Å². The Hall–Kier alpha value is -3.86. The summed E-state index contributed by atoms with van der Waals surface area (Å²) in [4.78, 5) is 29.7. The summed E-state index contributed by atoms with van der Waals surface area (Å²) >= 11 is 9.62. The molecule has 4 rings (SSSR count). The summed E-state index contributed by atoms with van der Waals surface area (Å²) in [6, 6.07) is 27.9. The quantitative estimate of drug-likeness (QED) is 0.172. The van der Waals surface area contributed by atoms with Gasteiger partial charge in [-0.1, -0.05) is 70.0 Å². The Bertz CT molecular complexity index is 1700. The van der Waals surface area contributed by atoms with Gasteiger partial charge in [0.05, 0.1) is 17.7 Å². The van der Waals surface area contributed by atoms with Crippen LogP contribution in [-0.4, -0.2) is 50.9 Å². The predicted octanol–water partition coefficient (Wildman–Crippen LogP) is 6.47. The number of nitrogens with zero attached hydrogens (tertiary/aromatic N) is 2. The van der Waals surface area contributed by atoms with Crippen molar-refractivity contribution < 1.29 is 22.7 Å². The number of carbonyl (C=O) groups excluding carboxylic acids is 2. The SMILES string of the molecule is COc1ccc(S(=O)(=O)N(CC(=O)N(Cc2cccc(Br)c2)[C@H](Cc2ccccc2)C(=O)NC(C)C)c2ccc(Cl)cc2)cc1. The van der Waals surface area contributed by atoms with E-state index in [1.807, 2.05) is 68.4 Å². The number of carbonyl (C=O) groups is 2. The summed E-state index contributed by atoms with van der Waals surface area (Å²) in [6.45, 7) is 3.20. The monoisotopic (exact) mass is 711 g/mol. The fourth-order valence-electron chi connectivity index (χ4n) is 4.78. The highest BCUT2D eigenvalue weighted by Crippen LogP contribution is 2.27. The second-order valence-electron chi connectivity index (χ2n) is 10.7. The molecule has 0 aromatic heterocycles. The third kappa shape index (κ3) is 9.09. The fourth-order valence-corrected chi connectivity index (χ4v) is 6.76. The average molecular weight is 713 g/mol. The van der Waals surface area contributed by atoms with Gasteiger partial charge in [-0.15, -0.1) is 0 Å². The number of halogens is 2. The number of benzene rings is 4. The van der Waals surface area contributed by atoms with Crippen molar-refractivity contribution in [2.75, 3.05) is 18.0 Å². The maximum atomic E-state index is 14.5. The maximum absolute atomic E-state index is 14.5. The first-order valence-corrected chi connectivity index (χ1v) is 16.9. The lowest BCUT2D eigenvalue weighted by Gasteiger charge is -2.34. The van der Waals surface area contributed by atoms with Gasteiger partial charge >= 0.3 is 0 Å². The van der Waals surface area contributed by atoms with E-state index in [-0.39, 0.29) is 35.5 Å². The molecule has 0 bridgehead atoms. The first-order chi connectivity index (χ1) is 21.5. The molecule has 0 saturated carbocycles. The highest BCUT2D eigenvalue weighted by Gasteiger charge is 2.35. The number of hydrogen-bond donors (Lipinski definition) is 1. The third-order valence-corrected chi connectivity index (χ3v) is 9.52. The van der Waals surface area contributed by atoms with Gasteiger partial charge in [0.15, 0.2) is 0 Å². The van der Waals surface area contributed by atoms with Crippen LogP contribution in [0.15, 0.2) is 112 Å². The van der Waals surface area contributed by atoms with Crippen LogP contribution in [-0.2, 0) is 32.6 Å². The molecule has 4 aromatic rings. The number of anilines is 1. The van der Waals surface area contributed by atoms with E-state index in [0.717, 1.165) is 19.9 Å². The zero-order valence-electron chi connectivity index (χ0n) is 25.2. The van der Waals surface area contributed by atoms with Crippen molar-refractivity contribution in [2.45, 2.75) is 43.8 Å². The molecule has 0 spiro atoms. The van der Waals surface area contributed by atoms with Gasteiger partial charge in [-0.25, -0.2) is 8.42 Å². The lowest BCUT2D eigenvalue weighted by atomic mass is 10.0. The summed E-state index contributed by atoms with van der Waals surface area (Å²) in [5.74, 6) is -0.404. The van der Waals surface area contributed by atoms with Crippen molar-refractivity contribution in [3.8, 4) is 5.75 Å². The number of ether oxygens (including phenoxy) is 1. The van der Waals surface area contributed by atoms with Gasteiger partial charge in [0.1, 0.15) is 18.3 Å². The molecule has 0 unspecified atom stereocenters. The Labute approximate surface area is 278 Å². The summed E-state index contributed by atoms with van der Waals surface area (Å²) < 4.78 is 35.3. The minimum atomic E-state index is -4.24. The highest BCUT2D eigenvalue weighted by atomic mass is 79.9. The van der Waals surface area contributed by atoms with Gasteiger partial charge in [-0.3, -0.25) is 13.9 Å². The molecule has 0 aliphatic rings. The van der Waals surface area contributed by atoms with Crippen molar-refractivity contribution in [2.24, 2.45) is 0 Å². The molecule has 0 fully saturated rings. The number of nitrogens with one attached hydrogen (secondary N) is 1. The zero-order valence-corrected chi connectivity index (χ0v) is 28.3. The summed E-state index contributed by atoms with van der Waals surface area (Å²) in [5.41, 5.74) is 1.87. The Balaban J connectivity index is 1.80. The fraction of sp³-hybridized carbons (Fsp3) is 0.235. The molecule has 4 aromatic carbocycles. The molecule has 0 saturated heterocycles. The molecule has 2 amide bonds. The Morgan fingerprint density at radius 1 is 0.889 bits per heavy atom. The Kier molecular flexibility index (Phi) is 11.7. The molecule has 0 radical (unpaired) electrons. The number of hydrogen-bond acceptors (Lipinski definition) is 5. The van der Waals surface area contributed by atoms with E-state index in [1.165, 1.54) is 24.1 Å². The lowest BCUT2D eigenvalue weighted by Crippen LogP contribution is -2.54. The molecule has 1 N–H and O–H groups in total. The van der Waals surface area contributed by atoms with Gasteiger partial charge in [0.2, 0.25) is 11.8 Å².